The van der Waals surface area contributed by atoms with Gasteiger partial charge in [-0.25, -0.2) is 4.98 Å². The smallest absolute Gasteiger partial charge is 0.131 e. The molecule has 2 aliphatic rings. The van der Waals surface area contributed by atoms with Crippen LogP contribution in [0.2, 0.25) is 0 Å². The van der Waals surface area contributed by atoms with E-state index in [1.54, 1.807) is 0 Å². The fourth-order valence-corrected chi connectivity index (χ4v) is 3.79. The number of hydrogen-bond acceptors (Lipinski definition) is 3. The number of halogens is 1. The van der Waals surface area contributed by atoms with E-state index in [4.69, 9.17) is 5.73 Å². The summed E-state index contributed by atoms with van der Waals surface area (Å²) in [5, 5.41) is 0. The maximum absolute atomic E-state index is 6.17. The van der Waals surface area contributed by atoms with Crippen molar-refractivity contribution in [1.29, 1.82) is 0 Å². The van der Waals surface area contributed by atoms with Gasteiger partial charge in [0.2, 0.25) is 0 Å². The van der Waals surface area contributed by atoms with Crippen LogP contribution in [0.3, 0.4) is 0 Å². The van der Waals surface area contributed by atoms with Gasteiger partial charge in [0.15, 0.2) is 0 Å². The van der Waals surface area contributed by atoms with Crippen LogP contribution in [0.25, 0.3) is 0 Å². The first kappa shape index (κ1) is 11.5. The lowest BCUT2D eigenvalue weighted by molar-refractivity contribution is 0.453. The molecule has 1 saturated carbocycles. The molecule has 17 heavy (non-hydrogen) atoms. The van der Waals surface area contributed by atoms with Crippen molar-refractivity contribution in [3.63, 3.8) is 0 Å². The number of pyridine rings is 1. The first-order chi connectivity index (χ1) is 8.15. The Balaban J connectivity index is 1.83. The highest BCUT2D eigenvalue weighted by atomic mass is 79.9. The van der Waals surface area contributed by atoms with Gasteiger partial charge in [0.1, 0.15) is 5.82 Å². The van der Waals surface area contributed by atoms with Crippen LogP contribution in [0.5, 0.6) is 0 Å². The van der Waals surface area contributed by atoms with Crippen molar-refractivity contribution in [3.8, 4) is 0 Å². The molecule has 2 fully saturated rings. The van der Waals surface area contributed by atoms with E-state index < -0.39 is 0 Å². The van der Waals surface area contributed by atoms with E-state index in [0.29, 0.717) is 12.0 Å². The molecule has 0 bridgehead atoms. The lowest BCUT2D eigenvalue weighted by Gasteiger charge is -2.21. The number of rotatable bonds is 1. The lowest BCUT2D eigenvalue weighted by atomic mass is 9.98. The van der Waals surface area contributed by atoms with Gasteiger partial charge < -0.3 is 10.6 Å². The van der Waals surface area contributed by atoms with Crippen LogP contribution in [-0.2, 0) is 0 Å². The van der Waals surface area contributed by atoms with Crippen molar-refractivity contribution in [1.82, 2.24) is 4.98 Å². The summed E-state index contributed by atoms with van der Waals surface area (Å²) in [4.78, 5) is 6.96. The Labute approximate surface area is 111 Å². The van der Waals surface area contributed by atoms with Crippen molar-refractivity contribution >= 4 is 21.7 Å². The average Bonchev–Trinajstić information content (AvgIpc) is 2.81. The number of aromatic nitrogens is 1. The van der Waals surface area contributed by atoms with E-state index in [1.807, 2.05) is 6.20 Å². The molecule has 0 radical (unpaired) electrons. The van der Waals surface area contributed by atoms with E-state index in [9.17, 15) is 0 Å². The number of hydrogen-bond donors (Lipinski definition) is 1. The number of anilines is 1. The molecule has 0 aromatic carbocycles. The minimum absolute atomic E-state index is 0.403. The Morgan fingerprint density at radius 3 is 2.94 bits per heavy atom. The highest BCUT2D eigenvalue weighted by Gasteiger charge is 2.41. The highest BCUT2D eigenvalue weighted by Crippen LogP contribution is 2.39. The molecule has 1 aliphatic carbocycles. The molecule has 3 rings (SSSR count). The number of nitrogens with two attached hydrogens (primary N) is 1. The molecule has 3 nitrogen and oxygen atoms in total. The summed E-state index contributed by atoms with van der Waals surface area (Å²) in [5.74, 6) is 2.60. The van der Waals surface area contributed by atoms with E-state index in [-0.39, 0.29) is 0 Å². The predicted octanol–water partition coefficient (Wildman–Crippen LogP) is 2.33. The molecule has 0 amide bonds. The molecule has 2 heterocycles. The first-order valence-electron chi connectivity index (χ1n) is 6.28. The summed E-state index contributed by atoms with van der Waals surface area (Å²) < 4.78 is 1.05. The van der Waals surface area contributed by atoms with Crippen LogP contribution in [0.4, 0.5) is 5.82 Å². The van der Waals surface area contributed by atoms with Crippen molar-refractivity contribution in [2.24, 2.45) is 17.6 Å². The summed E-state index contributed by atoms with van der Waals surface area (Å²) in [7, 11) is 0. The minimum atomic E-state index is 0.403. The van der Waals surface area contributed by atoms with Gasteiger partial charge in [-0.1, -0.05) is 0 Å². The highest BCUT2D eigenvalue weighted by molar-refractivity contribution is 9.10. The monoisotopic (exact) mass is 295 g/mol. The van der Waals surface area contributed by atoms with E-state index in [1.165, 1.54) is 18.4 Å². The van der Waals surface area contributed by atoms with Gasteiger partial charge in [-0.3, -0.25) is 0 Å². The Morgan fingerprint density at radius 2 is 2.24 bits per heavy atom. The molecule has 0 spiro atoms. The standard InChI is InChI=1S/C13H18BrN3/c1-8-4-10(14)5-16-13(8)17-6-9-2-3-12(15)11(9)7-17/h4-5,9,11-12H,2-3,6-7,15H2,1H3. The summed E-state index contributed by atoms with van der Waals surface area (Å²) in [5.41, 5.74) is 7.41. The molecule has 4 heteroatoms. The fraction of sp³-hybridized carbons (Fsp3) is 0.615. The van der Waals surface area contributed by atoms with Crippen LogP contribution in [0.15, 0.2) is 16.7 Å². The first-order valence-corrected chi connectivity index (χ1v) is 7.07. The zero-order valence-electron chi connectivity index (χ0n) is 10.1. The second kappa shape index (κ2) is 4.25. The quantitative estimate of drug-likeness (QED) is 0.865. The molecule has 1 aromatic rings. The van der Waals surface area contributed by atoms with E-state index in [0.717, 1.165) is 29.3 Å². The van der Waals surface area contributed by atoms with Gasteiger partial charge in [0.05, 0.1) is 0 Å². The van der Waals surface area contributed by atoms with Gasteiger partial charge in [-0.05, 0) is 59.2 Å². The SMILES string of the molecule is Cc1cc(Br)cnc1N1CC2CCC(N)C2C1. The number of nitrogens with zero attached hydrogens (tertiary/aromatic N) is 2. The molecule has 1 aliphatic heterocycles. The summed E-state index contributed by atoms with van der Waals surface area (Å²) in [6, 6.07) is 2.54. The van der Waals surface area contributed by atoms with Gasteiger partial charge >= 0.3 is 0 Å². The van der Waals surface area contributed by atoms with Crippen LogP contribution in [-0.4, -0.2) is 24.1 Å². The fourth-order valence-electron chi connectivity index (χ4n) is 3.34. The maximum Gasteiger partial charge on any atom is 0.131 e. The third-order valence-corrected chi connectivity index (χ3v) is 4.66. The molecule has 92 valence electrons. The second-order valence-corrected chi connectivity index (χ2v) is 6.28. The summed E-state index contributed by atoms with van der Waals surface area (Å²) >= 11 is 3.46. The molecule has 1 saturated heterocycles. The third-order valence-electron chi connectivity index (χ3n) is 4.23. The maximum atomic E-state index is 6.17. The Bertz CT molecular complexity index is 435. The van der Waals surface area contributed by atoms with Gasteiger partial charge in [0, 0.05) is 29.8 Å². The van der Waals surface area contributed by atoms with E-state index in [2.05, 4.69) is 38.8 Å². The summed E-state index contributed by atoms with van der Waals surface area (Å²) in [6.45, 7) is 4.34. The molecule has 2 N–H and O–H groups in total. The topological polar surface area (TPSA) is 42.2 Å². The predicted molar refractivity (Wildman–Crippen MR) is 73.1 cm³/mol. The number of aryl methyl sites for hydroxylation is 1. The van der Waals surface area contributed by atoms with Crippen molar-refractivity contribution in [2.75, 3.05) is 18.0 Å². The van der Waals surface area contributed by atoms with Crippen molar-refractivity contribution in [3.05, 3.63) is 22.3 Å². The van der Waals surface area contributed by atoms with Gasteiger partial charge in [-0.2, -0.15) is 0 Å². The zero-order chi connectivity index (χ0) is 12.0. The Morgan fingerprint density at radius 1 is 1.41 bits per heavy atom. The molecule has 1 aromatic heterocycles. The molecule has 3 unspecified atom stereocenters. The lowest BCUT2D eigenvalue weighted by Crippen LogP contribution is -2.30. The van der Waals surface area contributed by atoms with E-state index >= 15 is 0 Å². The molecular weight excluding hydrogens is 278 g/mol. The van der Waals surface area contributed by atoms with Crippen LogP contribution in [0, 0.1) is 18.8 Å². The molecule has 3 atom stereocenters. The van der Waals surface area contributed by atoms with Crippen molar-refractivity contribution in [2.45, 2.75) is 25.8 Å². The summed E-state index contributed by atoms with van der Waals surface area (Å²) in [6.07, 6.45) is 4.38. The average molecular weight is 296 g/mol. The Kier molecular flexibility index (Phi) is 2.87. The normalized spacial score (nSPS) is 31.9. The molecular formula is C13H18BrN3. The van der Waals surface area contributed by atoms with Gasteiger partial charge in [0.25, 0.3) is 0 Å². The van der Waals surface area contributed by atoms with Gasteiger partial charge in [-0.15, -0.1) is 0 Å². The second-order valence-electron chi connectivity index (χ2n) is 5.36. The third kappa shape index (κ3) is 1.97. The zero-order valence-corrected chi connectivity index (χ0v) is 11.7. The Hall–Kier alpha value is -0.610. The van der Waals surface area contributed by atoms with Crippen LogP contribution < -0.4 is 10.6 Å². The number of fused-ring (bicyclic) bond motifs is 1. The van der Waals surface area contributed by atoms with Crippen molar-refractivity contribution < 1.29 is 0 Å². The largest absolute Gasteiger partial charge is 0.356 e. The van der Waals surface area contributed by atoms with Crippen LogP contribution in [0.1, 0.15) is 18.4 Å². The minimum Gasteiger partial charge on any atom is -0.356 e. The van der Waals surface area contributed by atoms with Crippen LogP contribution >= 0.6 is 15.9 Å².